The Morgan fingerprint density at radius 3 is 2.55 bits per heavy atom. The summed E-state index contributed by atoms with van der Waals surface area (Å²) in [5.41, 5.74) is 8.03. The maximum Gasteiger partial charge on any atom is 0.336 e. The van der Waals surface area contributed by atoms with E-state index in [9.17, 15) is 24.8 Å². The summed E-state index contributed by atoms with van der Waals surface area (Å²) in [4.78, 5) is 38.4. The van der Waals surface area contributed by atoms with E-state index in [-0.39, 0.29) is 22.5 Å². The second-order valence-corrected chi connectivity index (χ2v) is 7.30. The van der Waals surface area contributed by atoms with Crippen molar-refractivity contribution >= 4 is 39.8 Å². The van der Waals surface area contributed by atoms with E-state index in [1.807, 2.05) is 6.92 Å². The van der Waals surface area contributed by atoms with E-state index < -0.39 is 22.5 Å². The molecule has 2 heterocycles. The summed E-state index contributed by atoms with van der Waals surface area (Å²) >= 11 is 0. The Labute approximate surface area is 186 Å². The molecule has 0 aliphatic rings. The third-order valence-corrected chi connectivity index (χ3v) is 5.10. The summed E-state index contributed by atoms with van der Waals surface area (Å²) in [5.74, 6) is -1.47. The SMILES string of the molecule is Cc1noc(C)c1-c1ccc2c(Nc3cc(C(=O)O)cc([N+](=O)[O-])c3)c(C(N)=O)cnc2c1. The molecule has 166 valence electrons. The smallest absolute Gasteiger partial charge is 0.336 e. The number of nitrogens with one attached hydrogen (secondary N) is 1. The van der Waals surface area contributed by atoms with E-state index in [1.54, 1.807) is 25.1 Å². The first kappa shape index (κ1) is 21.4. The number of anilines is 2. The van der Waals surface area contributed by atoms with E-state index in [1.165, 1.54) is 18.3 Å². The highest BCUT2D eigenvalue weighted by Crippen LogP contribution is 2.34. The summed E-state index contributed by atoms with van der Waals surface area (Å²) in [6.45, 7) is 3.60. The van der Waals surface area contributed by atoms with E-state index in [2.05, 4.69) is 15.5 Å². The summed E-state index contributed by atoms with van der Waals surface area (Å²) in [7, 11) is 0. The van der Waals surface area contributed by atoms with Gasteiger partial charge in [0.25, 0.3) is 11.6 Å². The zero-order chi connectivity index (χ0) is 23.9. The average molecular weight is 447 g/mol. The zero-order valence-corrected chi connectivity index (χ0v) is 17.4. The second-order valence-electron chi connectivity index (χ2n) is 7.30. The van der Waals surface area contributed by atoms with Gasteiger partial charge in [0.2, 0.25) is 0 Å². The number of non-ortho nitro benzene ring substituents is 1. The number of fused-ring (bicyclic) bond motifs is 1. The number of aryl methyl sites for hydroxylation is 2. The van der Waals surface area contributed by atoms with Crippen LogP contribution < -0.4 is 11.1 Å². The molecule has 0 radical (unpaired) electrons. The number of rotatable bonds is 6. The summed E-state index contributed by atoms with van der Waals surface area (Å²) in [6.07, 6.45) is 1.29. The van der Waals surface area contributed by atoms with Crippen molar-refractivity contribution in [3.63, 3.8) is 0 Å². The van der Waals surface area contributed by atoms with Crippen molar-refractivity contribution in [2.24, 2.45) is 5.73 Å². The molecule has 4 rings (SSSR count). The van der Waals surface area contributed by atoms with Crippen molar-refractivity contribution in [2.75, 3.05) is 5.32 Å². The largest absolute Gasteiger partial charge is 0.478 e. The number of carboxylic acids is 1. The van der Waals surface area contributed by atoms with Crippen LogP contribution in [0.3, 0.4) is 0 Å². The number of carboxylic acid groups (broad SMARTS) is 1. The molecular weight excluding hydrogens is 430 g/mol. The van der Waals surface area contributed by atoms with Crippen LogP contribution in [0.25, 0.3) is 22.0 Å². The fourth-order valence-electron chi connectivity index (χ4n) is 3.62. The van der Waals surface area contributed by atoms with Crippen LogP contribution in [-0.2, 0) is 0 Å². The number of carbonyl (C=O) groups excluding carboxylic acids is 1. The Balaban J connectivity index is 1.89. The molecule has 0 unspecified atom stereocenters. The molecule has 4 N–H and O–H groups in total. The molecule has 0 aliphatic carbocycles. The highest BCUT2D eigenvalue weighted by molar-refractivity contribution is 6.08. The first-order chi connectivity index (χ1) is 15.7. The van der Waals surface area contributed by atoms with Crippen LogP contribution in [-0.4, -0.2) is 32.0 Å². The quantitative estimate of drug-likeness (QED) is 0.292. The second kappa shape index (κ2) is 8.04. The molecule has 2 aromatic heterocycles. The van der Waals surface area contributed by atoms with Gasteiger partial charge in [-0.05, 0) is 31.5 Å². The topological polar surface area (TPSA) is 174 Å². The molecule has 0 saturated heterocycles. The zero-order valence-electron chi connectivity index (χ0n) is 17.4. The predicted molar refractivity (Wildman–Crippen MR) is 119 cm³/mol. The van der Waals surface area contributed by atoms with Gasteiger partial charge in [0.15, 0.2) is 0 Å². The lowest BCUT2D eigenvalue weighted by Gasteiger charge is -2.14. The number of hydrogen-bond acceptors (Lipinski definition) is 8. The monoisotopic (exact) mass is 447 g/mol. The number of pyridine rings is 1. The molecule has 0 bridgehead atoms. The Morgan fingerprint density at radius 2 is 1.94 bits per heavy atom. The normalized spacial score (nSPS) is 10.8. The van der Waals surface area contributed by atoms with Gasteiger partial charge in [-0.1, -0.05) is 17.3 Å². The predicted octanol–water partition coefficient (Wildman–Crippen LogP) is 3.96. The molecule has 1 amide bonds. The number of carbonyl (C=O) groups is 2. The molecule has 11 heteroatoms. The Morgan fingerprint density at radius 1 is 1.18 bits per heavy atom. The van der Waals surface area contributed by atoms with Gasteiger partial charge in [-0.3, -0.25) is 19.9 Å². The van der Waals surface area contributed by atoms with Crippen LogP contribution in [0.15, 0.2) is 47.1 Å². The number of benzene rings is 2. The van der Waals surface area contributed by atoms with Crippen LogP contribution in [0.4, 0.5) is 17.1 Å². The van der Waals surface area contributed by atoms with Crippen LogP contribution in [0.2, 0.25) is 0 Å². The highest BCUT2D eigenvalue weighted by atomic mass is 16.6. The number of nitro benzene ring substituents is 1. The van der Waals surface area contributed by atoms with Crippen LogP contribution >= 0.6 is 0 Å². The standard InChI is InChI=1S/C22H17N5O6/c1-10-19(11(2)33-26-10)12-3-4-16-18(7-12)24-9-17(21(23)28)20(16)25-14-5-13(22(29)30)6-15(8-14)27(31)32/h3-9H,1-2H3,(H2,23,28)(H,24,25)(H,29,30). The Hall–Kier alpha value is -4.80. The summed E-state index contributed by atoms with van der Waals surface area (Å²) in [6, 6.07) is 8.64. The van der Waals surface area contributed by atoms with Crippen LogP contribution in [0.5, 0.6) is 0 Å². The molecule has 33 heavy (non-hydrogen) atoms. The maximum atomic E-state index is 12.1. The third kappa shape index (κ3) is 3.94. The van der Waals surface area contributed by atoms with Gasteiger partial charge >= 0.3 is 5.97 Å². The van der Waals surface area contributed by atoms with Gasteiger partial charge < -0.3 is 20.7 Å². The Bertz CT molecular complexity index is 1410. The molecule has 0 fully saturated rings. The van der Waals surface area contributed by atoms with Gasteiger partial charge in [-0.15, -0.1) is 0 Å². The molecule has 11 nitrogen and oxygen atoms in total. The molecular formula is C22H17N5O6. The van der Waals surface area contributed by atoms with E-state index in [0.29, 0.717) is 22.4 Å². The Kier molecular flexibility index (Phi) is 5.22. The van der Waals surface area contributed by atoms with E-state index in [0.717, 1.165) is 17.2 Å². The van der Waals surface area contributed by atoms with Crippen molar-refractivity contribution in [2.45, 2.75) is 13.8 Å². The number of nitrogens with zero attached hydrogens (tertiary/aromatic N) is 3. The maximum absolute atomic E-state index is 12.1. The van der Waals surface area contributed by atoms with Gasteiger partial charge in [0.05, 0.1) is 32.9 Å². The lowest BCUT2D eigenvalue weighted by Crippen LogP contribution is -2.14. The number of hydrogen-bond donors (Lipinski definition) is 3. The third-order valence-electron chi connectivity index (χ3n) is 5.10. The average Bonchev–Trinajstić information content (AvgIpc) is 3.10. The molecule has 0 spiro atoms. The van der Waals surface area contributed by atoms with Gasteiger partial charge in [0.1, 0.15) is 5.76 Å². The van der Waals surface area contributed by atoms with Crippen molar-refractivity contribution < 1.29 is 24.1 Å². The molecule has 0 atom stereocenters. The first-order valence-corrected chi connectivity index (χ1v) is 9.61. The number of aromatic nitrogens is 2. The minimum atomic E-state index is -1.33. The lowest BCUT2D eigenvalue weighted by molar-refractivity contribution is -0.384. The first-order valence-electron chi connectivity index (χ1n) is 9.61. The van der Waals surface area contributed by atoms with E-state index >= 15 is 0 Å². The number of primary amides is 1. The summed E-state index contributed by atoms with van der Waals surface area (Å²) in [5, 5.41) is 28.0. The fraction of sp³-hybridized carbons (Fsp3) is 0.0909. The van der Waals surface area contributed by atoms with Crippen LogP contribution in [0, 0.1) is 24.0 Å². The molecule has 0 saturated carbocycles. The number of nitrogens with two attached hydrogens (primary N) is 1. The number of amides is 1. The molecule has 0 aliphatic heterocycles. The van der Waals surface area contributed by atoms with Crippen molar-refractivity contribution in [1.82, 2.24) is 10.1 Å². The minimum absolute atomic E-state index is 0.0379. The molecule has 2 aromatic carbocycles. The van der Waals surface area contributed by atoms with Crippen molar-refractivity contribution in [3.8, 4) is 11.1 Å². The molecule has 4 aromatic rings. The number of nitro groups is 1. The highest BCUT2D eigenvalue weighted by Gasteiger charge is 2.19. The number of aromatic carboxylic acids is 1. The van der Waals surface area contributed by atoms with Crippen LogP contribution in [0.1, 0.15) is 32.2 Å². The van der Waals surface area contributed by atoms with Crippen molar-refractivity contribution in [3.05, 3.63) is 75.3 Å². The minimum Gasteiger partial charge on any atom is -0.478 e. The van der Waals surface area contributed by atoms with E-state index in [4.69, 9.17) is 10.3 Å². The van der Waals surface area contributed by atoms with Gasteiger partial charge in [-0.25, -0.2) is 4.79 Å². The fourth-order valence-corrected chi connectivity index (χ4v) is 3.62. The van der Waals surface area contributed by atoms with Gasteiger partial charge in [-0.2, -0.15) is 0 Å². The van der Waals surface area contributed by atoms with Crippen molar-refractivity contribution in [1.29, 1.82) is 0 Å². The lowest BCUT2D eigenvalue weighted by atomic mass is 10.0. The summed E-state index contributed by atoms with van der Waals surface area (Å²) < 4.78 is 5.23. The van der Waals surface area contributed by atoms with Gasteiger partial charge in [0, 0.05) is 35.0 Å².